The molecule has 3 aromatic rings. The number of carbonyl (C=O) groups is 1. The van der Waals surface area contributed by atoms with E-state index in [1.807, 2.05) is 68.4 Å². The first kappa shape index (κ1) is 16.5. The van der Waals surface area contributed by atoms with Crippen molar-refractivity contribution in [2.75, 3.05) is 0 Å². The summed E-state index contributed by atoms with van der Waals surface area (Å²) >= 11 is 0. The average molecular weight is 344 g/mol. The molecule has 2 aromatic carbocycles. The molecule has 0 bridgehead atoms. The molecule has 1 heterocycles. The van der Waals surface area contributed by atoms with Gasteiger partial charge in [0.25, 0.3) is 0 Å². The maximum Gasteiger partial charge on any atom is 0.310 e. The van der Waals surface area contributed by atoms with E-state index in [0.29, 0.717) is 5.82 Å². The number of hydrogen-bond acceptors (Lipinski definition) is 3. The van der Waals surface area contributed by atoms with Crippen molar-refractivity contribution in [3.63, 3.8) is 0 Å². The fraction of sp³-hybridized carbons (Fsp3) is 0.227. The molecule has 1 aromatic heterocycles. The van der Waals surface area contributed by atoms with Gasteiger partial charge in [0.05, 0.1) is 5.41 Å². The molecule has 3 atom stereocenters. The third-order valence-corrected chi connectivity index (χ3v) is 5.44. The van der Waals surface area contributed by atoms with E-state index in [9.17, 15) is 9.90 Å². The van der Waals surface area contributed by atoms with Crippen LogP contribution in [0.1, 0.15) is 35.4 Å². The molecule has 1 aliphatic carbocycles. The molecular weight excluding hydrogens is 324 g/mol. The smallest absolute Gasteiger partial charge is 0.310 e. The van der Waals surface area contributed by atoms with Crippen LogP contribution in [0, 0.1) is 12.3 Å². The van der Waals surface area contributed by atoms with Crippen molar-refractivity contribution in [3.05, 3.63) is 83.7 Å². The van der Waals surface area contributed by atoms with Crippen molar-refractivity contribution in [2.45, 2.75) is 25.7 Å². The molecule has 0 amide bonds. The molecule has 0 spiro atoms. The molecule has 0 unspecified atom stereocenters. The third-order valence-electron chi connectivity index (χ3n) is 5.44. The van der Waals surface area contributed by atoms with Gasteiger partial charge in [-0.05, 0) is 30.5 Å². The van der Waals surface area contributed by atoms with Gasteiger partial charge in [0.2, 0.25) is 0 Å². The van der Waals surface area contributed by atoms with E-state index < -0.39 is 11.4 Å². The highest BCUT2D eigenvalue weighted by Gasteiger charge is 2.67. The van der Waals surface area contributed by atoms with Crippen molar-refractivity contribution < 1.29 is 9.90 Å². The number of carboxylic acids is 1. The number of carboxylic acid groups (broad SMARTS) is 1. The minimum atomic E-state index is -0.775. The number of aromatic nitrogens is 2. The molecule has 1 N–H and O–H groups in total. The molecule has 1 fully saturated rings. The highest BCUT2D eigenvalue weighted by atomic mass is 16.4. The SMILES string of the molecule is Cc1cnc(-c2ccc([C@H]3[C@H](c4ccccc4)[C@@]3(C)C(=O)O)cc2)nc1. The van der Waals surface area contributed by atoms with Gasteiger partial charge in [-0.1, -0.05) is 54.6 Å². The predicted molar refractivity (Wildman–Crippen MR) is 99.9 cm³/mol. The van der Waals surface area contributed by atoms with E-state index in [0.717, 1.165) is 22.3 Å². The Kier molecular flexibility index (Phi) is 3.83. The lowest BCUT2D eigenvalue weighted by molar-refractivity contribution is -0.143. The number of benzene rings is 2. The number of aryl methyl sites for hydroxylation is 1. The van der Waals surface area contributed by atoms with Crippen LogP contribution in [0.25, 0.3) is 11.4 Å². The van der Waals surface area contributed by atoms with Gasteiger partial charge in [-0.2, -0.15) is 0 Å². The van der Waals surface area contributed by atoms with Gasteiger partial charge in [0.1, 0.15) is 0 Å². The fourth-order valence-electron chi connectivity index (χ4n) is 3.90. The van der Waals surface area contributed by atoms with Gasteiger partial charge in [-0.25, -0.2) is 9.97 Å². The third kappa shape index (κ3) is 2.58. The van der Waals surface area contributed by atoms with Crippen molar-refractivity contribution in [2.24, 2.45) is 5.41 Å². The lowest BCUT2D eigenvalue weighted by Crippen LogP contribution is -2.14. The maximum atomic E-state index is 12.0. The summed E-state index contributed by atoms with van der Waals surface area (Å²) in [6.45, 7) is 3.80. The summed E-state index contributed by atoms with van der Waals surface area (Å²) in [6, 6.07) is 17.9. The van der Waals surface area contributed by atoms with Crippen LogP contribution < -0.4 is 0 Å². The van der Waals surface area contributed by atoms with Crippen LogP contribution in [0.3, 0.4) is 0 Å². The first-order valence-electron chi connectivity index (χ1n) is 8.69. The van der Waals surface area contributed by atoms with E-state index in [2.05, 4.69) is 9.97 Å². The van der Waals surface area contributed by atoms with Crippen LogP contribution in [0.4, 0.5) is 0 Å². The van der Waals surface area contributed by atoms with Gasteiger partial charge in [0.15, 0.2) is 5.82 Å². The molecule has 4 nitrogen and oxygen atoms in total. The number of aliphatic carboxylic acids is 1. The lowest BCUT2D eigenvalue weighted by Gasteiger charge is -2.06. The Balaban J connectivity index is 1.66. The van der Waals surface area contributed by atoms with Gasteiger partial charge < -0.3 is 5.11 Å². The summed E-state index contributed by atoms with van der Waals surface area (Å²) < 4.78 is 0. The van der Waals surface area contributed by atoms with Crippen LogP contribution in [0.5, 0.6) is 0 Å². The zero-order chi connectivity index (χ0) is 18.3. The number of rotatable bonds is 4. The van der Waals surface area contributed by atoms with Gasteiger partial charge in [-0.3, -0.25) is 4.79 Å². The second-order valence-corrected chi connectivity index (χ2v) is 7.16. The molecule has 26 heavy (non-hydrogen) atoms. The molecule has 4 rings (SSSR count). The second kappa shape index (κ2) is 6.06. The Morgan fingerprint density at radius 3 is 2.00 bits per heavy atom. The number of nitrogens with zero attached hydrogens (tertiary/aromatic N) is 2. The zero-order valence-corrected chi connectivity index (χ0v) is 14.8. The lowest BCUT2D eigenvalue weighted by atomic mass is 10.00. The largest absolute Gasteiger partial charge is 0.481 e. The maximum absolute atomic E-state index is 12.0. The Morgan fingerprint density at radius 1 is 0.923 bits per heavy atom. The fourth-order valence-corrected chi connectivity index (χ4v) is 3.90. The average Bonchev–Trinajstić information content (AvgIpc) is 3.31. The molecule has 4 heteroatoms. The highest BCUT2D eigenvalue weighted by Crippen LogP contribution is 2.70. The first-order chi connectivity index (χ1) is 12.5. The van der Waals surface area contributed by atoms with Crippen molar-refractivity contribution in [3.8, 4) is 11.4 Å². The standard InChI is InChI=1S/C22H20N2O2/c1-14-12-23-20(24-13-14)17-10-8-16(9-11-17)19-18(22(19,2)21(25)26)15-6-4-3-5-7-15/h3-13,18-19H,1-2H3,(H,25,26)/t18-,19-,22+/m0/s1. The second-order valence-electron chi connectivity index (χ2n) is 7.16. The van der Waals surface area contributed by atoms with Crippen LogP contribution in [-0.2, 0) is 4.79 Å². The Hall–Kier alpha value is -3.01. The van der Waals surface area contributed by atoms with E-state index in [-0.39, 0.29) is 11.8 Å². The summed E-state index contributed by atoms with van der Waals surface area (Å²) in [6.07, 6.45) is 3.59. The topological polar surface area (TPSA) is 63.1 Å². The zero-order valence-electron chi connectivity index (χ0n) is 14.8. The van der Waals surface area contributed by atoms with Crippen LogP contribution >= 0.6 is 0 Å². The van der Waals surface area contributed by atoms with Crippen molar-refractivity contribution >= 4 is 5.97 Å². The minimum absolute atomic E-state index is 0.0114. The molecule has 0 aliphatic heterocycles. The van der Waals surface area contributed by atoms with Crippen molar-refractivity contribution in [1.29, 1.82) is 0 Å². The van der Waals surface area contributed by atoms with E-state index in [4.69, 9.17) is 0 Å². The Morgan fingerprint density at radius 2 is 1.46 bits per heavy atom. The van der Waals surface area contributed by atoms with E-state index in [1.165, 1.54) is 0 Å². The van der Waals surface area contributed by atoms with Gasteiger partial charge in [-0.15, -0.1) is 0 Å². The van der Waals surface area contributed by atoms with Gasteiger partial charge in [0, 0.05) is 29.8 Å². The van der Waals surface area contributed by atoms with E-state index in [1.54, 1.807) is 12.4 Å². The first-order valence-corrected chi connectivity index (χ1v) is 8.69. The summed E-state index contributed by atoms with van der Waals surface area (Å²) in [4.78, 5) is 20.7. The van der Waals surface area contributed by atoms with Crippen LogP contribution in [0.2, 0.25) is 0 Å². The summed E-state index contributed by atoms with van der Waals surface area (Å²) in [7, 11) is 0. The molecule has 0 radical (unpaired) electrons. The van der Waals surface area contributed by atoms with E-state index >= 15 is 0 Å². The molecule has 130 valence electrons. The Bertz CT molecular complexity index is 936. The minimum Gasteiger partial charge on any atom is -0.481 e. The molecule has 1 saturated carbocycles. The van der Waals surface area contributed by atoms with Crippen molar-refractivity contribution in [1.82, 2.24) is 9.97 Å². The highest BCUT2D eigenvalue weighted by molar-refractivity contribution is 5.83. The summed E-state index contributed by atoms with van der Waals surface area (Å²) in [5.41, 5.74) is 3.30. The molecule has 0 saturated heterocycles. The number of hydrogen-bond donors (Lipinski definition) is 1. The van der Waals surface area contributed by atoms with Crippen LogP contribution in [-0.4, -0.2) is 21.0 Å². The normalized spacial score (nSPS) is 24.2. The quantitative estimate of drug-likeness (QED) is 0.761. The molecular formula is C22H20N2O2. The van der Waals surface area contributed by atoms with Crippen LogP contribution in [0.15, 0.2) is 67.0 Å². The predicted octanol–water partition coefficient (Wildman–Crippen LogP) is 4.42. The molecule has 1 aliphatic rings. The van der Waals surface area contributed by atoms with Gasteiger partial charge >= 0.3 is 5.97 Å². The summed E-state index contributed by atoms with van der Waals surface area (Å²) in [5.74, 6) is -0.112. The summed E-state index contributed by atoms with van der Waals surface area (Å²) in [5, 5.41) is 9.81. The Labute approximate surface area is 152 Å². The monoisotopic (exact) mass is 344 g/mol.